The maximum absolute atomic E-state index is 13.4. The molecule has 0 bridgehead atoms. The number of benzene rings is 1. The molecular formula is C10H12FNO. The molecule has 0 saturated heterocycles. The summed E-state index contributed by atoms with van der Waals surface area (Å²) in [5.41, 5.74) is 1.37. The first-order valence-electron chi connectivity index (χ1n) is 4.41. The molecule has 0 saturated carbocycles. The number of aromatic hydroxyl groups is 1. The van der Waals surface area contributed by atoms with Crippen LogP contribution < -0.4 is 5.32 Å². The second-order valence-corrected chi connectivity index (χ2v) is 3.49. The third kappa shape index (κ3) is 1.29. The number of phenols is 1. The van der Waals surface area contributed by atoms with Crippen molar-refractivity contribution in [1.82, 2.24) is 5.32 Å². The Morgan fingerprint density at radius 2 is 2.31 bits per heavy atom. The topological polar surface area (TPSA) is 32.3 Å². The zero-order valence-corrected chi connectivity index (χ0v) is 7.47. The van der Waals surface area contributed by atoms with E-state index in [9.17, 15) is 9.50 Å². The van der Waals surface area contributed by atoms with Gasteiger partial charge in [0.15, 0.2) is 0 Å². The van der Waals surface area contributed by atoms with Gasteiger partial charge in [-0.3, -0.25) is 0 Å². The van der Waals surface area contributed by atoms with Crippen molar-refractivity contribution in [3.8, 4) is 5.75 Å². The normalized spacial score (nSPS) is 21.2. The van der Waals surface area contributed by atoms with Crippen LogP contribution in [0.1, 0.15) is 24.0 Å². The lowest BCUT2D eigenvalue weighted by Gasteiger charge is -2.24. The number of halogens is 1. The Morgan fingerprint density at radius 3 is 3.00 bits per heavy atom. The first-order valence-corrected chi connectivity index (χ1v) is 4.41. The first-order chi connectivity index (χ1) is 6.20. The van der Waals surface area contributed by atoms with Crippen molar-refractivity contribution in [3.05, 3.63) is 29.1 Å². The summed E-state index contributed by atoms with van der Waals surface area (Å²) < 4.78 is 13.4. The summed E-state index contributed by atoms with van der Waals surface area (Å²) in [6.07, 6.45) is 0. The first kappa shape index (κ1) is 8.51. The van der Waals surface area contributed by atoms with E-state index >= 15 is 0 Å². The fourth-order valence-electron chi connectivity index (χ4n) is 1.86. The van der Waals surface area contributed by atoms with Gasteiger partial charge in [0.25, 0.3) is 0 Å². The summed E-state index contributed by atoms with van der Waals surface area (Å²) in [6.45, 7) is 3.28. The van der Waals surface area contributed by atoms with E-state index in [2.05, 4.69) is 5.32 Å². The Morgan fingerprint density at radius 1 is 1.54 bits per heavy atom. The van der Waals surface area contributed by atoms with Crippen LogP contribution in [0.15, 0.2) is 12.1 Å². The highest BCUT2D eigenvalue weighted by atomic mass is 19.1. The van der Waals surface area contributed by atoms with E-state index in [-0.39, 0.29) is 17.5 Å². The number of nitrogens with one attached hydrogen (secondary N) is 1. The summed E-state index contributed by atoms with van der Waals surface area (Å²) >= 11 is 0. The Bertz CT molecular complexity index is 338. The SMILES string of the molecule is CC1CNCc2c(O)ccc(F)c21. The molecule has 70 valence electrons. The second-order valence-electron chi connectivity index (χ2n) is 3.49. The lowest BCUT2D eigenvalue weighted by molar-refractivity contribution is 0.443. The molecule has 2 nitrogen and oxygen atoms in total. The fraction of sp³-hybridized carbons (Fsp3) is 0.400. The molecule has 1 aromatic rings. The van der Waals surface area contributed by atoms with E-state index in [1.165, 1.54) is 12.1 Å². The van der Waals surface area contributed by atoms with Gasteiger partial charge >= 0.3 is 0 Å². The van der Waals surface area contributed by atoms with Crippen LogP contribution in [-0.2, 0) is 6.54 Å². The predicted molar refractivity (Wildman–Crippen MR) is 48.2 cm³/mol. The quantitative estimate of drug-likeness (QED) is 0.639. The summed E-state index contributed by atoms with van der Waals surface area (Å²) in [4.78, 5) is 0. The zero-order chi connectivity index (χ0) is 9.42. The summed E-state index contributed by atoms with van der Waals surface area (Å²) in [6, 6.07) is 2.74. The van der Waals surface area contributed by atoms with E-state index in [0.29, 0.717) is 17.7 Å². The molecule has 2 rings (SSSR count). The van der Waals surface area contributed by atoms with Gasteiger partial charge in [-0.15, -0.1) is 0 Å². The Labute approximate surface area is 76.4 Å². The molecule has 2 N–H and O–H groups in total. The monoisotopic (exact) mass is 181 g/mol. The van der Waals surface area contributed by atoms with Crippen molar-refractivity contribution >= 4 is 0 Å². The van der Waals surface area contributed by atoms with E-state index in [1.54, 1.807) is 0 Å². The van der Waals surface area contributed by atoms with Crippen LogP contribution in [0.4, 0.5) is 4.39 Å². The van der Waals surface area contributed by atoms with Crippen LogP contribution in [0.3, 0.4) is 0 Å². The molecule has 0 amide bonds. The second kappa shape index (κ2) is 3.00. The van der Waals surface area contributed by atoms with Gasteiger partial charge < -0.3 is 10.4 Å². The molecule has 0 radical (unpaired) electrons. The molecule has 1 aliphatic heterocycles. The van der Waals surface area contributed by atoms with Crippen molar-refractivity contribution in [1.29, 1.82) is 0 Å². The smallest absolute Gasteiger partial charge is 0.127 e. The highest BCUT2D eigenvalue weighted by molar-refractivity contribution is 5.43. The van der Waals surface area contributed by atoms with Crippen molar-refractivity contribution in [3.63, 3.8) is 0 Å². The van der Waals surface area contributed by atoms with Gasteiger partial charge in [-0.1, -0.05) is 6.92 Å². The Hall–Kier alpha value is -1.09. The predicted octanol–water partition coefficient (Wildman–Crippen LogP) is 1.74. The summed E-state index contributed by atoms with van der Waals surface area (Å²) in [7, 11) is 0. The molecule has 0 aromatic heterocycles. The minimum absolute atomic E-state index is 0.135. The van der Waals surface area contributed by atoms with Crippen molar-refractivity contribution in [2.24, 2.45) is 0 Å². The van der Waals surface area contributed by atoms with E-state index in [1.807, 2.05) is 6.92 Å². The summed E-state index contributed by atoms with van der Waals surface area (Å²) in [5.74, 6) is 0.119. The van der Waals surface area contributed by atoms with Gasteiger partial charge in [0.05, 0.1) is 0 Å². The van der Waals surface area contributed by atoms with Gasteiger partial charge in [-0.2, -0.15) is 0 Å². The van der Waals surface area contributed by atoms with Gasteiger partial charge in [0, 0.05) is 24.2 Å². The van der Waals surface area contributed by atoms with Crippen LogP contribution >= 0.6 is 0 Å². The van der Waals surface area contributed by atoms with E-state index < -0.39 is 0 Å². The van der Waals surface area contributed by atoms with E-state index in [4.69, 9.17) is 0 Å². The lowest BCUT2D eigenvalue weighted by Crippen LogP contribution is -2.27. The van der Waals surface area contributed by atoms with E-state index in [0.717, 1.165) is 6.54 Å². The van der Waals surface area contributed by atoms with Crippen molar-refractivity contribution in [2.75, 3.05) is 6.54 Å². The number of phenolic OH excluding ortho intramolecular Hbond substituents is 1. The highest BCUT2D eigenvalue weighted by Gasteiger charge is 2.22. The minimum Gasteiger partial charge on any atom is -0.508 e. The molecular weight excluding hydrogens is 169 g/mol. The molecule has 1 aliphatic rings. The molecule has 3 heteroatoms. The molecule has 1 atom stereocenters. The van der Waals surface area contributed by atoms with Crippen LogP contribution in [0.5, 0.6) is 5.75 Å². The maximum atomic E-state index is 13.4. The molecule has 13 heavy (non-hydrogen) atoms. The largest absolute Gasteiger partial charge is 0.508 e. The van der Waals surface area contributed by atoms with Crippen LogP contribution in [0.25, 0.3) is 0 Å². The third-order valence-electron chi connectivity index (χ3n) is 2.52. The van der Waals surface area contributed by atoms with Gasteiger partial charge in [0.2, 0.25) is 0 Å². The standard InChI is InChI=1S/C10H12FNO/c1-6-4-12-5-7-9(13)3-2-8(11)10(6)7/h2-3,6,12-13H,4-5H2,1H3. The molecule has 0 spiro atoms. The van der Waals surface area contributed by atoms with Gasteiger partial charge in [-0.05, 0) is 18.1 Å². The van der Waals surface area contributed by atoms with Crippen LogP contribution in [0, 0.1) is 5.82 Å². The third-order valence-corrected chi connectivity index (χ3v) is 2.52. The van der Waals surface area contributed by atoms with Crippen LogP contribution in [0.2, 0.25) is 0 Å². The van der Waals surface area contributed by atoms with Crippen molar-refractivity contribution in [2.45, 2.75) is 19.4 Å². The average molecular weight is 181 g/mol. The molecule has 0 aliphatic carbocycles. The Kier molecular flexibility index (Phi) is 1.96. The van der Waals surface area contributed by atoms with Crippen molar-refractivity contribution < 1.29 is 9.50 Å². The molecule has 1 aromatic carbocycles. The Balaban J connectivity index is 2.60. The number of rotatable bonds is 0. The average Bonchev–Trinajstić information content (AvgIpc) is 2.12. The molecule has 1 heterocycles. The lowest BCUT2D eigenvalue weighted by atomic mass is 9.91. The number of hydrogen-bond donors (Lipinski definition) is 2. The maximum Gasteiger partial charge on any atom is 0.127 e. The van der Waals surface area contributed by atoms with Crippen LogP contribution in [-0.4, -0.2) is 11.7 Å². The number of fused-ring (bicyclic) bond motifs is 1. The summed E-state index contributed by atoms with van der Waals surface area (Å²) in [5, 5.41) is 12.6. The molecule has 0 fully saturated rings. The fourth-order valence-corrected chi connectivity index (χ4v) is 1.86. The molecule has 1 unspecified atom stereocenters. The minimum atomic E-state index is -0.207. The van der Waals surface area contributed by atoms with Gasteiger partial charge in [0.1, 0.15) is 11.6 Å². The van der Waals surface area contributed by atoms with Gasteiger partial charge in [-0.25, -0.2) is 4.39 Å². The highest BCUT2D eigenvalue weighted by Crippen LogP contribution is 2.31. The zero-order valence-electron chi connectivity index (χ0n) is 7.47. The number of hydrogen-bond acceptors (Lipinski definition) is 2.